The summed E-state index contributed by atoms with van der Waals surface area (Å²) >= 11 is 5.92. The van der Waals surface area contributed by atoms with Crippen molar-refractivity contribution in [2.75, 3.05) is 11.9 Å². The smallest absolute Gasteiger partial charge is 0.256 e. The third-order valence-corrected chi connectivity index (χ3v) is 3.04. The fourth-order valence-electron chi connectivity index (χ4n) is 1.68. The summed E-state index contributed by atoms with van der Waals surface area (Å²) in [6.45, 7) is 2.42. The van der Waals surface area contributed by atoms with E-state index in [-0.39, 0.29) is 5.91 Å². The Labute approximate surface area is 99.0 Å². The number of nitrogens with one attached hydrogen (secondary N) is 1. The monoisotopic (exact) mass is 240 g/mol. The van der Waals surface area contributed by atoms with Crippen LogP contribution in [0, 0.1) is 0 Å². The number of hydrogen-bond donors (Lipinski definition) is 1. The number of nitrogens with zero attached hydrogens (tertiary/aromatic N) is 1. The van der Waals surface area contributed by atoms with E-state index in [2.05, 4.69) is 10.3 Å². The molecule has 16 heavy (non-hydrogen) atoms. The van der Waals surface area contributed by atoms with Crippen LogP contribution >= 0.6 is 11.6 Å². The van der Waals surface area contributed by atoms with Gasteiger partial charge in [-0.15, -0.1) is 0 Å². The summed E-state index contributed by atoms with van der Waals surface area (Å²) in [5, 5.41) is 3.21. The van der Waals surface area contributed by atoms with E-state index in [0.29, 0.717) is 17.3 Å². The quantitative estimate of drug-likeness (QED) is 0.863. The molecular weight excluding hydrogens is 228 g/mol. The van der Waals surface area contributed by atoms with Crippen LogP contribution in [0.5, 0.6) is 0 Å². The van der Waals surface area contributed by atoms with Crippen LogP contribution in [0.3, 0.4) is 0 Å². The van der Waals surface area contributed by atoms with E-state index < -0.39 is 5.60 Å². The number of carbonyl (C=O) groups excluding carboxylic acids is 1. The Morgan fingerprint density at radius 1 is 1.69 bits per heavy atom. The Kier molecular flexibility index (Phi) is 3.12. The van der Waals surface area contributed by atoms with Crippen molar-refractivity contribution in [1.29, 1.82) is 0 Å². The lowest BCUT2D eigenvalue weighted by molar-refractivity contribution is -0.133. The average molecular weight is 241 g/mol. The molecule has 4 nitrogen and oxygen atoms in total. The van der Waals surface area contributed by atoms with Crippen molar-refractivity contribution in [3.05, 3.63) is 23.5 Å². The molecule has 0 aromatic carbocycles. The van der Waals surface area contributed by atoms with Crippen LogP contribution in [0.1, 0.15) is 19.8 Å². The Morgan fingerprint density at radius 2 is 2.50 bits per heavy atom. The maximum Gasteiger partial charge on any atom is 0.256 e. The van der Waals surface area contributed by atoms with Crippen LogP contribution in [-0.2, 0) is 9.53 Å². The van der Waals surface area contributed by atoms with Gasteiger partial charge in [0.1, 0.15) is 5.60 Å². The summed E-state index contributed by atoms with van der Waals surface area (Å²) in [6, 6.07) is 1.63. The molecule has 1 aromatic rings. The summed E-state index contributed by atoms with van der Waals surface area (Å²) in [5.41, 5.74) is -0.218. The Balaban J connectivity index is 2.10. The number of aromatic nitrogens is 1. The predicted octanol–water partition coefficient (Wildman–Crippen LogP) is 2.24. The largest absolute Gasteiger partial charge is 0.365 e. The Bertz CT molecular complexity index is 403. The lowest BCUT2D eigenvalue weighted by Gasteiger charge is -2.21. The summed E-state index contributed by atoms with van der Waals surface area (Å²) in [5.74, 6) is -0.167. The van der Waals surface area contributed by atoms with Crippen LogP contribution < -0.4 is 5.32 Å². The van der Waals surface area contributed by atoms with E-state index in [4.69, 9.17) is 16.3 Å². The molecule has 1 saturated heterocycles. The molecule has 1 aliphatic heterocycles. The van der Waals surface area contributed by atoms with Crippen molar-refractivity contribution >= 4 is 23.2 Å². The molecule has 2 rings (SSSR count). The second-order valence-corrected chi connectivity index (χ2v) is 4.40. The lowest BCUT2D eigenvalue weighted by atomic mass is 10.0. The van der Waals surface area contributed by atoms with Gasteiger partial charge in [0, 0.05) is 12.8 Å². The molecule has 0 bridgehead atoms. The maximum absolute atomic E-state index is 12.0. The zero-order valence-electron chi connectivity index (χ0n) is 9.00. The lowest BCUT2D eigenvalue weighted by Crippen LogP contribution is -2.39. The third kappa shape index (κ3) is 2.18. The van der Waals surface area contributed by atoms with Crippen molar-refractivity contribution in [3.63, 3.8) is 0 Å². The number of rotatable bonds is 2. The number of halogens is 1. The molecule has 0 aliphatic carbocycles. The molecule has 0 radical (unpaired) electrons. The molecule has 1 aromatic heterocycles. The predicted molar refractivity (Wildman–Crippen MR) is 61.5 cm³/mol. The summed E-state index contributed by atoms with van der Waals surface area (Å²) in [6.07, 6.45) is 4.74. The molecule has 1 N–H and O–H groups in total. The van der Waals surface area contributed by atoms with E-state index in [1.165, 1.54) is 6.20 Å². The van der Waals surface area contributed by atoms with Crippen molar-refractivity contribution in [3.8, 4) is 0 Å². The molecule has 1 amide bonds. The van der Waals surface area contributed by atoms with E-state index in [1.807, 2.05) is 0 Å². The summed E-state index contributed by atoms with van der Waals surface area (Å²) < 4.78 is 5.44. The molecule has 5 heteroatoms. The molecule has 0 spiro atoms. The topological polar surface area (TPSA) is 51.2 Å². The molecule has 1 atom stereocenters. The Hall–Kier alpha value is -1.13. The second-order valence-electron chi connectivity index (χ2n) is 3.99. The van der Waals surface area contributed by atoms with Crippen LogP contribution in [0.4, 0.5) is 5.69 Å². The first-order valence-corrected chi connectivity index (χ1v) is 5.54. The standard InChI is InChI=1S/C11H13ClN2O2/c1-11(4-2-6-16-11)10(15)14-9-7-13-5-3-8(9)12/h3,5,7H,2,4,6H2,1H3,(H,14,15). The molecule has 2 heterocycles. The van der Waals surface area contributed by atoms with Gasteiger partial charge in [0.15, 0.2) is 0 Å². The van der Waals surface area contributed by atoms with Gasteiger partial charge < -0.3 is 10.1 Å². The highest BCUT2D eigenvalue weighted by Gasteiger charge is 2.37. The molecule has 1 aliphatic rings. The highest BCUT2D eigenvalue weighted by molar-refractivity contribution is 6.33. The second kappa shape index (κ2) is 4.39. The number of amides is 1. The fourth-order valence-corrected chi connectivity index (χ4v) is 1.83. The minimum Gasteiger partial charge on any atom is -0.365 e. The first-order valence-electron chi connectivity index (χ1n) is 5.17. The summed E-state index contributed by atoms with van der Waals surface area (Å²) in [7, 11) is 0. The molecular formula is C11H13ClN2O2. The van der Waals surface area contributed by atoms with Crippen LogP contribution in [-0.4, -0.2) is 23.1 Å². The van der Waals surface area contributed by atoms with E-state index in [0.717, 1.165) is 12.8 Å². The first-order chi connectivity index (χ1) is 7.62. The number of pyridine rings is 1. The minimum absolute atomic E-state index is 0.167. The van der Waals surface area contributed by atoms with Crippen molar-refractivity contribution in [2.45, 2.75) is 25.4 Å². The summed E-state index contributed by atoms with van der Waals surface area (Å²) in [4.78, 5) is 15.9. The van der Waals surface area contributed by atoms with Crippen molar-refractivity contribution < 1.29 is 9.53 Å². The zero-order valence-corrected chi connectivity index (χ0v) is 9.75. The third-order valence-electron chi connectivity index (χ3n) is 2.72. The van der Waals surface area contributed by atoms with Crippen LogP contribution in [0.25, 0.3) is 0 Å². The van der Waals surface area contributed by atoms with Gasteiger partial charge in [0.25, 0.3) is 5.91 Å². The zero-order chi connectivity index (χ0) is 11.6. The molecule has 0 saturated carbocycles. The minimum atomic E-state index is -0.737. The van der Waals surface area contributed by atoms with Gasteiger partial charge in [-0.3, -0.25) is 9.78 Å². The van der Waals surface area contributed by atoms with Crippen LogP contribution in [0.2, 0.25) is 5.02 Å². The molecule has 1 unspecified atom stereocenters. The van der Waals surface area contributed by atoms with Crippen molar-refractivity contribution in [1.82, 2.24) is 4.98 Å². The number of carbonyl (C=O) groups is 1. The Morgan fingerprint density at radius 3 is 3.12 bits per heavy atom. The molecule has 1 fully saturated rings. The first kappa shape index (κ1) is 11.4. The van der Waals surface area contributed by atoms with Gasteiger partial charge in [-0.1, -0.05) is 11.6 Å². The maximum atomic E-state index is 12.0. The van der Waals surface area contributed by atoms with Crippen molar-refractivity contribution in [2.24, 2.45) is 0 Å². The van der Waals surface area contributed by atoms with Crippen LogP contribution in [0.15, 0.2) is 18.5 Å². The highest BCUT2D eigenvalue weighted by atomic mass is 35.5. The SMILES string of the molecule is CC1(C(=O)Nc2cnccc2Cl)CCCO1. The van der Waals surface area contributed by atoms with Gasteiger partial charge in [0.05, 0.1) is 16.9 Å². The number of hydrogen-bond acceptors (Lipinski definition) is 3. The highest BCUT2D eigenvalue weighted by Crippen LogP contribution is 2.28. The van der Waals surface area contributed by atoms with E-state index in [1.54, 1.807) is 19.2 Å². The molecule has 86 valence electrons. The normalized spacial score (nSPS) is 24.4. The fraction of sp³-hybridized carbons (Fsp3) is 0.455. The van der Waals surface area contributed by atoms with Gasteiger partial charge in [-0.25, -0.2) is 0 Å². The van der Waals surface area contributed by atoms with Gasteiger partial charge in [0.2, 0.25) is 0 Å². The number of ether oxygens (including phenoxy) is 1. The van der Waals surface area contributed by atoms with Gasteiger partial charge >= 0.3 is 0 Å². The van der Waals surface area contributed by atoms with E-state index in [9.17, 15) is 4.79 Å². The van der Waals surface area contributed by atoms with Gasteiger partial charge in [-0.2, -0.15) is 0 Å². The van der Waals surface area contributed by atoms with E-state index >= 15 is 0 Å². The van der Waals surface area contributed by atoms with Gasteiger partial charge in [-0.05, 0) is 25.8 Å². The number of anilines is 1. The average Bonchev–Trinajstić information content (AvgIpc) is 2.70.